The average Bonchev–Trinajstić information content (AvgIpc) is 2.89. The van der Waals surface area contributed by atoms with Gasteiger partial charge in [0.2, 0.25) is 0 Å². The highest BCUT2D eigenvalue weighted by Gasteiger charge is 2.43. The van der Waals surface area contributed by atoms with Crippen LogP contribution in [0.15, 0.2) is 4.99 Å². The van der Waals surface area contributed by atoms with Crippen molar-refractivity contribution in [3.05, 3.63) is 0 Å². The third-order valence-corrected chi connectivity index (χ3v) is 9.35. The second-order valence-corrected chi connectivity index (χ2v) is 11.8. The summed E-state index contributed by atoms with van der Waals surface area (Å²) in [4.78, 5) is 20.3. The fraction of sp³-hybridized carbons (Fsp3) is 0.926. The van der Waals surface area contributed by atoms with Crippen molar-refractivity contribution in [2.75, 3.05) is 39.3 Å². The van der Waals surface area contributed by atoms with E-state index in [9.17, 15) is 13.6 Å². The van der Waals surface area contributed by atoms with Crippen LogP contribution in [0.5, 0.6) is 0 Å². The zero-order valence-corrected chi connectivity index (χ0v) is 21.7. The van der Waals surface area contributed by atoms with E-state index in [1.54, 1.807) is 0 Å². The van der Waals surface area contributed by atoms with Crippen LogP contribution in [-0.4, -0.2) is 92.4 Å². The monoisotopic (exact) mass is 508 g/mol. The summed E-state index contributed by atoms with van der Waals surface area (Å²) in [6, 6.07) is 0.712. The Balaban J connectivity index is 1.18. The van der Waals surface area contributed by atoms with E-state index in [2.05, 4.69) is 26.2 Å². The van der Waals surface area contributed by atoms with Gasteiger partial charge in [0.25, 0.3) is 0 Å². The van der Waals surface area contributed by atoms with E-state index in [0.29, 0.717) is 50.1 Å². The number of aliphatic imine (C=N–C) groups is 1. The highest BCUT2D eigenvalue weighted by atomic mass is 19.1. The molecule has 9 heteroatoms. The molecule has 204 valence electrons. The first-order chi connectivity index (χ1) is 17.5. The smallest absolute Gasteiger partial charge is 0.315 e. The van der Waals surface area contributed by atoms with Gasteiger partial charge in [0, 0.05) is 63.1 Å². The third-order valence-electron chi connectivity index (χ3n) is 9.35. The summed E-state index contributed by atoms with van der Waals surface area (Å²) in [6.07, 6.45) is 7.53. The predicted octanol–water partition coefficient (Wildman–Crippen LogP) is 2.95. The maximum absolute atomic E-state index is 13.9. The van der Waals surface area contributed by atoms with E-state index in [1.165, 1.54) is 5.71 Å². The molecule has 4 N–H and O–H groups in total. The lowest BCUT2D eigenvalue weighted by atomic mass is 9.72. The Morgan fingerprint density at radius 3 is 2.36 bits per heavy atom. The van der Waals surface area contributed by atoms with Gasteiger partial charge in [-0.25, -0.2) is 13.6 Å². The number of nitrogens with one attached hydrogen (secondary N) is 4. The number of piperazine rings is 1. The van der Waals surface area contributed by atoms with Crippen molar-refractivity contribution in [3.63, 3.8) is 0 Å². The van der Waals surface area contributed by atoms with E-state index in [0.717, 1.165) is 77.7 Å². The van der Waals surface area contributed by atoms with Crippen LogP contribution in [0.3, 0.4) is 0 Å². The number of urea groups is 1. The molecule has 0 aromatic heterocycles. The number of rotatable bonds is 6. The van der Waals surface area contributed by atoms with Crippen LogP contribution < -0.4 is 21.3 Å². The number of hydrogen-bond donors (Lipinski definition) is 4. The van der Waals surface area contributed by atoms with Crippen molar-refractivity contribution in [2.45, 2.75) is 107 Å². The molecule has 2 heterocycles. The molecule has 36 heavy (non-hydrogen) atoms. The van der Waals surface area contributed by atoms with Gasteiger partial charge in [-0.15, -0.1) is 0 Å². The van der Waals surface area contributed by atoms with Crippen molar-refractivity contribution in [1.82, 2.24) is 26.2 Å². The van der Waals surface area contributed by atoms with Crippen LogP contribution in [0.4, 0.5) is 13.6 Å². The Morgan fingerprint density at radius 1 is 0.944 bits per heavy atom. The molecule has 2 aliphatic heterocycles. The van der Waals surface area contributed by atoms with Gasteiger partial charge in [-0.3, -0.25) is 9.89 Å². The second-order valence-electron chi connectivity index (χ2n) is 11.8. The van der Waals surface area contributed by atoms with E-state index in [-0.39, 0.29) is 24.2 Å². The van der Waals surface area contributed by atoms with E-state index in [1.807, 2.05) is 0 Å². The largest absolute Gasteiger partial charge is 0.337 e. The quantitative estimate of drug-likeness (QED) is 0.445. The molecule has 0 aromatic carbocycles. The summed E-state index contributed by atoms with van der Waals surface area (Å²) >= 11 is 0. The Bertz CT molecular complexity index is 747. The Kier molecular flexibility index (Phi) is 9.12. The fourth-order valence-electron chi connectivity index (χ4n) is 7.20. The lowest BCUT2D eigenvalue weighted by Crippen LogP contribution is -2.61. The number of carbonyl (C=O) groups excluding carboxylic acids is 1. The summed E-state index contributed by atoms with van der Waals surface area (Å²) in [5, 5.41) is 13.5. The van der Waals surface area contributed by atoms with Gasteiger partial charge in [0.05, 0.1) is 6.04 Å². The topological polar surface area (TPSA) is 80.8 Å². The maximum atomic E-state index is 13.9. The molecule has 5 aliphatic rings. The highest BCUT2D eigenvalue weighted by molar-refractivity contribution is 5.93. The number of fused-ring (bicyclic) bond motifs is 1. The van der Waals surface area contributed by atoms with Crippen LogP contribution in [0, 0.1) is 11.8 Å². The standard InChI is InChI=1S/C27H46F2N6O/c28-20-5-1-18(2-6-20)25-26(19-3-7-21(29)8-4-19)34-24-17-22(9-10-23(24)33-25)32-27(36)31-13-16-35-14-11-30-12-15-35/h18-25,30,33H,1-17H2,(H2,31,32,36). The SMILES string of the molecule is O=C(NCCN1CCNCC1)NC1CCC2NC(C3CCC(F)CC3)C(C3CCC(F)CC3)=NC2C1. The molecule has 4 atom stereocenters. The van der Waals surface area contributed by atoms with Gasteiger partial charge in [-0.05, 0) is 82.5 Å². The first-order valence-electron chi connectivity index (χ1n) is 14.6. The van der Waals surface area contributed by atoms with E-state index in [4.69, 9.17) is 4.99 Å². The van der Waals surface area contributed by atoms with Gasteiger partial charge in [-0.1, -0.05) is 0 Å². The first kappa shape index (κ1) is 26.3. The zero-order chi connectivity index (χ0) is 24.9. The van der Waals surface area contributed by atoms with Gasteiger partial charge in [0.1, 0.15) is 12.3 Å². The zero-order valence-electron chi connectivity index (χ0n) is 21.7. The molecule has 3 saturated carbocycles. The van der Waals surface area contributed by atoms with Gasteiger partial charge in [-0.2, -0.15) is 0 Å². The summed E-state index contributed by atoms with van der Waals surface area (Å²) in [6.45, 7) is 5.64. The number of amides is 2. The lowest BCUT2D eigenvalue weighted by molar-refractivity contribution is 0.166. The normalized spacial score (nSPS) is 40.1. The van der Waals surface area contributed by atoms with Crippen LogP contribution in [-0.2, 0) is 0 Å². The van der Waals surface area contributed by atoms with E-state index < -0.39 is 12.3 Å². The summed E-state index contributed by atoms with van der Waals surface area (Å²) in [5.74, 6) is 0.761. The second kappa shape index (κ2) is 12.5. The molecule has 0 radical (unpaired) electrons. The Morgan fingerprint density at radius 2 is 1.64 bits per heavy atom. The molecule has 3 aliphatic carbocycles. The van der Waals surface area contributed by atoms with Gasteiger partial charge >= 0.3 is 6.03 Å². The first-order valence-corrected chi connectivity index (χ1v) is 14.6. The van der Waals surface area contributed by atoms with Crippen LogP contribution in [0.25, 0.3) is 0 Å². The molecule has 2 amide bonds. The highest BCUT2D eigenvalue weighted by Crippen LogP contribution is 2.38. The van der Waals surface area contributed by atoms with Crippen LogP contribution >= 0.6 is 0 Å². The predicted molar refractivity (Wildman–Crippen MR) is 139 cm³/mol. The number of hydrogen-bond acceptors (Lipinski definition) is 5. The Labute approximate surface area is 215 Å². The van der Waals surface area contributed by atoms with Crippen molar-refractivity contribution < 1.29 is 13.6 Å². The molecule has 0 bridgehead atoms. The molecule has 4 unspecified atom stereocenters. The number of halogens is 2. The van der Waals surface area contributed by atoms with Crippen molar-refractivity contribution in [3.8, 4) is 0 Å². The average molecular weight is 509 g/mol. The Hall–Kier alpha value is -1.32. The molecular formula is C27H46F2N6O. The van der Waals surface area contributed by atoms with Crippen molar-refractivity contribution in [1.29, 1.82) is 0 Å². The molecule has 7 nitrogen and oxygen atoms in total. The summed E-state index contributed by atoms with van der Waals surface area (Å²) in [7, 11) is 0. The number of alkyl halides is 2. The summed E-state index contributed by atoms with van der Waals surface area (Å²) < 4.78 is 27.8. The van der Waals surface area contributed by atoms with Crippen LogP contribution in [0.2, 0.25) is 0 Å². The fourth-order valence-corrected chi connectivity index (χ4v) is 7.20. The molecule has 0 spiro atoms. The lowest BCUT2D eigenvalue weighted by Gasteiger charge is -2.46. The molecular weight excluding hydrogens is 462 g/mol. The molecule has 5 rings (SSSR count). The van der Waals surface area contributed by atoms with Gasteiger partial charge in [0.15, 0.2) is 0 Å². The van der Waals surface area contributed by atoms with Crippen molar-refractivity contribution >= 4 is 11.7 Å². The van der Waals surface area contributed by atoms with Crippen LogP contribution in [0.1, 0.15) is 70.6 Å². The minimum atomic E-state index is -0.681. The van der Waals surface area contributed by atoms with Gasteiger partial charge < -0.3 is 21.3 Å². The summed E-state index contributed by atoms with van der Waals surface area (Å²) in [5.41, 5.74) is 1.23. The molecule has 0 aromatic rings. The van der Waals surface area contributed by atoms with Crippen molar-refractivity contribution in [2.24, 2.45) is 16.8 Å². The minimum Gasteiger partial charge on any atom is -0.337 e. The number of carbonyl (C=O) groups is 1. The minimum absolute atomic E-state index is 0.0799. The molecule has 1 saturated heterocycles. The van der Waals surface area contributed by atoms with E-state index >= 15 is 0 Å². The number of nitrogens with zero attached hydrogens (tertiary/aromatic N) is 2. The maximum Gasteiger partial charge on any atom is 0.315 e. The third kappa shape index (κ3) is 6.76. The molecule has 4 fully saturated rings.